The van der Waals surface area contributed by atoms with E-state index in [2.05, 4.69) is 10.3 Å². The third-order valence-electron chi connectivity index (χ3n) is 5.29. The van der Waals surface area contributed by atoms with E-state index in [1.54, 1.807) is 25.3 Å². The Morgan fingerprint density at radius 3 is 3.07 bits per heavy atom. The largest absolute Gasteiger partial charge is 0.496 e. The van der Waals surface area contributed by atoms with Crippen molar-refractivity contribution in [3.8, 4) is 5.75 Å². The van der Waals surface area contributed by atoms with Crippen LogP contribution in [0.25, 0.3) is 0 Å². The zero-order valence-corrected chi connectivity index (χ0v) is 16.1. The minimum absolute atomic E-state index is 0.0828. The molecular formula is C20H23ClN4O2. The van der Waals surface area contributed by atoms with Crippen LogP contribution in [-0.2, 0) is 13.0 Å². The van der Waals surface area contributed by atoms with E-state index in [1.165, 1.54) is 0 Å². The molecule has 2 aliphatic rings. The van der Waals surface area contributed by atoms with Gasteiger partial charge in [0.2, 0.25) is 0 Å². The fourth-order valence-corrected chi connectivity index (χ4v) is 3.96. The van der Waals surface area contributed by atoms with Gasteiger partial charge >= 0.3 is 0 Å². The fourth-order valence-electron chi connectivity index (χ4n) is 3.79. The number of nitrogens with zero attached hydrogens (tertiary/aromatic N) is 3. The molecule has 0 saturated carbocycles. The van der Waals surface area contributed by atoms with Gasteiger partial charge in [0.15, 0.2) is 0 Å². The van der Waals surface area contributed by atoms with Gasteiger partial charge in [-0.15, -0.1) is 0 Å². The molecule has 2 aliphatic heterocycles. The average molecular weight is 387 g/mol. The number of halogens is 1. The summed E-state index contributed by atoms with van der Waals surface area (Å²) in [5, 5.41) is 3.93. The Morgan fingerprint density at radius 2 is 2.30 bits per heavy atom. The van der Waals surface area contributed by atoms with Crippen LogP contribution < -0.4 is 10.1 Å². The second-order valence-electron chi connectivity index (χ2n) is 7.06. The molecule has 1 saturated heterocycles. The van der Waals surface area contributed by atoms with E-state index < -0.39 is 0 Å². The van der Waals surface area contributed by atoms with Crippen LogP contribution in [0.3, 0.4) is 0 Å². The Balaban J connectivity index is 1.53. The minimum atomic E-state index is -0.0828. The van der Waals surface area contributed by atoms with Crippen LogP contribution in [0.2, 0.25) is 5.02 Å². The number of hydrogen-bond acceptors (Lipinski definition) is 5. The lowest BCUT2D eigenvalue weighted by Gasteiger charge is -2.29. The van der Waals surface area contributed by atoms with Gasteiger partial charge in [-0.1, -0.05) is 11.6 Å². The average Bonchev–Trinajstić information content (AvgIpc) is 2.73. The molecule has 6 nitrogen and oxygen atoms in total. The van der Waals surface area contributed by atoms with Crippen LogP contribution in [0.15, 0.2) is 24.4 Å². The molecule has 1 N–H and O–H groups in total. The molecule has 7 heteroatoms. The first-order valence-electron chi connectivity index (χ1n) is 9.34. The SMILES string of the molecule is COc1ccc(Cl)cc1C(=O)N1CCc2nc(C3CCCNC3)ncc2C1. The molecule has 3 heterocycles. The van der Waals surface area contributed by atoms with Crippen LogP contribution in [0, 0.1) is 0 Å². The molecule has 0 aliphatic carbocycles. The van der Waals surface area contributed by atoms with Crippen molar-refractivity contribution < 1.29 is 9.53 Å². The van der Waals surface area contributed by atoms with Crippen molar-refractivity contribution in [1.82, 2.24) is 20.2 Å². The third-order valence-corrected chi connectivity index (χ3v) is 5.53. The van der Waals surface area contributed by atoms with E-state index in [1.807, 2.05) is 11.1 Å². The molecule has 1 aromatic carbocycles. The molecule has 0 radical (unpaired) electrons. The van der Waals surface area contributed by atoms with Gasteiger partial charge in [0.25, 0.3) is 5.91 Å². The molecule has 0 spiro atoms. The number of aromatic nitrogens is 2. The number of hydrogen-bond donors (Lipinski definition) is 1. The molecule has 1 unspecified atom stereocenters. The van der Waals surface area contributed by atoms with E-state index in [9.17, 15) is 4.79 Å². The molecule has 4 rings (SSSR count). The summed E-state index contributed by atoms with van der Waals surface area (Å²) in [6.45, 7) is 3.15. The number of rotatable bonds is 3. The van der Waals surface area contributed by atoms with Gasteiger partial charge < -0.3 is 15.0 Å². The van der Waals surface area contributed by atoms with Crippen LogP contribution in [-0.4, -0.2) is 47.5 Å². The number of methoxy groups -OCH3 is 1. The maximum absolute atomic E-state index is 13.0. The Labute approximate surface area is 163 Å². The van der Waals surface area contributed by atoms with E-state index in [-0.39, 0.29) is 5.91 Å². The number of piperidine rings is 1. The number of carbonyl (C=O) groups excluding carboxylic acids is 1. The lowest BCUT2D eigenvalue weighted by Crippen LogP contribution is -2.37. The molecule has 2 aromatic rings. The lowest BCUT2D eigenvalue weighted by molar-refractivity contribution is 0.0729. The smallest absolute Gasteiger partial charge is 0.257 e. The molecule has 1 fully saturated rings. The highest BCUT2D eigenvalue weighted by atomic mass is 35.5. The highest BCUT2D eigenvalue weighted by molar-refractivity contribution is 6.31. The number of carbonyl (C=O) groups is 1. The van der Waals surface area contributed by atoms with Crippen molar-refractivity contribution in [2.24, 2.45) is 0 Å². The van der Waals surface area contributed by atoms with Crippen LogP contribution >= 0.6 is 11.6 Å². The second kappa shape index (κ2) is 7.82. The summed E-state index contributed by atoms with van der Waals surface area (Å²) in [6, 6.07) is 5.10. The summed E-state index contributed by atoms with van der Waals surface area (Å²) in [6.07, 6.45) is 4.92. The summed E-state index contributed by atoms with van der Waals surface area (Å²) in [5.41, 5.74) is 2.56. The van der Waals surface area contributed by atoms with Crippen LogP contribution in [0.5, 0.6) is 5.75 Å². The molecule has 1 amide bonds. The standard InChI is InChI=1S/C20H23ClN4O2/c1-27-18-5-4-15(21)9-16(18)20(26)25-8-6-17-14(12-25)11-23-19(24-17)13-3-2-7-22-10-13/h4-5,9,11,13,22H,2-3,6-8,10,12H2,1H3. The van der Waals surface area contributed by atoms with Crippen molar-refractivity contribution >= 4 is 17.5 Å². The van der Waals surface area contributed by atoms with Crippen molar-refractivity contribution in [3.05, 3.63) is 52.1 Å². The lowest BCUT2D eigenvalue weighted by atomic mass is 9.98. The first-order valence-corrected chi connectivity index (χ1v) is 9.71. The highest BCUT2D eigenvalue weighted by Crippen LogP contribution is 2.27. The quantitative estimate of drug-likeness (QED) is 0.878. The van der Waals surface area contributed by atoms with Crippen molar-refractivity contribution in [2.75, 3.05) is 26.7 Å². The first kappa shape index (κ1) is 18.2. The van der Waals surface area contributed by atoms with Crippen molar-refractivity contribution in [2.45, 2.75) is 31.7 Å². The monoisotopic (exact) mass is 386 g/mol. The fraction of sp³-hybridized carbons (Fsp3) is 0.450. The molecule has 27 heavy (non-hydrogen) atoms. The van der Waals surface area contributed by atoms with Crippen LogP contribution in [0.4, 0.5) is 0 Å². The van der Waals surface area contributed by atoms with Crippen LogP contribution in [0.1, 0.15) is 46.2 Å². The predicted octanol–water partition coefficient (Wildman–Crippen LogP) is 2.80. The van der Waals surface area contributed by atoms with Gasteiger partial charge in [0.05, 0.1) is 18.4 Å². The second-order valence-corrected chi connectivity index (χ2v) is 7.50. The molecular weight excluding hydrogens is 364 g/mol. The van der Waals surface area contributed by atoms with Gasteiger partial charge in [0, 0.05) is 48.8 Å². The van der Waals surface area contributed by atoms with E-state index in [0.717, 1.165) is 49.4 Å². The minimum Gasteiger partial charge on any atom is -0.496 e. The third kappa shape index (κ3) is 3.77. The summed E-state index contributed by atoms with van der Waals surface area (Å²) in [7, 11) is 1.56. The maximum Gasteiger partial charge on any atom is 0.257 e. The van der Waals surface area contributed by atoms with Gasteiger partial charge in [-0.25, -0.2) is 9.97 Å². The highest BCUT2D eigenvalue weighted by Gasteiger charge is 2.27. The van der Waals surface area contributed by atoms with Crippen molar-refractivity contribution in [1.29, 1.82) is 0 Å². The van der Waals surface area contributed by atoms with Gasteiger partial charge in [-0.2, -0.15) is 0 Å². The number of fused-ring (bicyclic) bond motifs is 1. The molecule has 0 bridgehead atoms. The van der Waals surface area contributed by atoms with Gasteiger partial charge in [-0.05, 0) is 37.6 Å². The van der Waals surface area contributed by atoms with Crippen molar-refractivity contribution in [3.63, 3.8) is 0 Å². The normalized spacial score (nSPS) is 19.5. The zero-order chi connectivity index (χ0) is 18.8. The summed E-state index contributed by atoms with van der Waals surface area (Å²) in [5.74, 6) is 1.77. The van der Waals surface area contributed by atoms with Gasteiger partial charge in [-0.3, -0.25) is 4.79 Å². The Morgan fingerprint density at radius 1 is 1.41 bits per heavy atom. The first-order chi connectivity index (χ1) is 13.2. The predicted molar refractivity (Wildman–Crippen MR) is 103 cm³/mol. The van der Waals surface area contributed by atoms with E-state index in [0.29, 0.717) is 35.3 Å². The van der Waals surface area contributed by atoms with E-state index in [4.69, 9.17) is 21.3 Å². The molecule has 1 atom stereocenters. The molecule has 1 aromatic heterocycles. The molecule has 142 valence electrons. The van der Waals surface area contributed by atoms with E-state index >= 15 is 0 Å². The number of ether oxygens (including phenoxy) is 1. The number of nitrogens with one attached hydrogen (secondary N) is 1. The zero-order valence-electron chi connectivity index (χ0n) is 15.4. The Kier molecular flexibility index (Phi) is 5.27. The summed E-state index contributed by atoms with van der Waals surface area (Å²) >= 11 is 6.08. The summed E-state index contributed by atoms with van der Waals surface area (Å²) < 4.78 is 5.33. The van der Waals surface area contributed by atoms with Gasteiger partial charge in [0.1, 0.15) is 11.6 Å². The number of amides is 1. The maximum atomic E-state index is 13.0. The number of benzene rings is 1. The summed E-state index contributed by atoms with van der Waals surface area (Å²) in [4.78, 5) is 24.2. The Hall–Kier alpha value is -2.18. The Bertz CT molecular complexity index is 852. The topological polar surface area (TPSA) is 67.3 Å².